The summed E-state index contributed by atoms with van der Waals surface area (Å²) in [6.07, 6.45) is 2.19. The average molecular weight is 161 g/mol. The molecule has 2 nitrogen and oxygen atoms in total. The Balaban J connectivity index is 1.91. The molecule has 60 valence electrons. The summed E-state index contributed by atoms with van der Waals surface area (Å²) in [4.78, 5) is 0. The van der Waals surface area contributed by atoms with Crippen molar-refractivity contribution in [1.82, 2.24) is 5.32 Å². The monoisotopic (exact) mass is 161 g/mol. The molecule has 10 heavy (non-hydrogen) atoms. The maximum atomic E-state index is 8.49. The Labute approximate surface area is 66.4 Å². The zero-order valence-corrected chi connectivity index (χ0v) is 6.99. The molecule has 0 bridgehead atoms. The van der Waals surface area contributed by atoms with Crippen LogP contribution in [0.15, 0.2) is 0 Å². The summed E-state index contributed by atoms with van der Waals surface area (Å²) < 4.78 is 0. The lowest BCUT2D eigenvalue weighted by molar-refractivity contribution is 0.284. The second-order valence-electron chi connectivity index (χ2n) is 2.59. The second-order valence-corrected chi connectivity index (χ2v) is 3.74. The number of nitrogens with one attached hydrogen (secondary N) is 1. The van der Waals surface area contributed by atoms with Crippen molar-refractivity contribution in [3.63, 3.8) is 0 Å². The first-order chi connectivity index (χ1) is 4.93. The van der Waals surface area contributed by atoms with E-state index >= 15 is 0 Å². The molecular formula is C7H15NOS. The van der Waals surface area contributed by atoms with Crippen LogP contribution in [0.5, 0.6) is 0 Å². The highest BCUT2D eigenvalue weighted by molar-refractivity contribution is 7.99. The van der Waals surface area contributed by atoms with Crippen molar-refractivity contribution in [3.05, 3.63) is 0 Å². The molecule has 1 aliphatic heterocycles. The third-order valence-electron chi connectivity index (χ3n) is 1.70. The Hall–Kier alpha value is 0.270. The van der Waals surface area contributed by atoms with E-state index in [0.29, 0.717) is 6.61 Å². The fraction of sp³-hybridized carbons (Fsp3) is 1.00. The first-order valence-electron chi connectivity index (χ1n) is 3.85. The van der Waals surface area contributed by atoms with Crippen molar-refractivity contribution < 1.29 is 5.11 Å². The van der Waals surface area contributed by atoms with Crippen molar-refractivity contribution in [1.29, 1.82) is 0 Å². The minimum absolute atomic E-state index is 0.312. The molecule has 1 atom stereocenters. The summed E-state index contributed by atoms with van der Waals surface area (Å²) in [5, 5.41) is 11.9. The van der Waals surface area contributed by atoms with E-state index in [1.807, 2.05) is 11.8 Å². The van der Waals surface area contributed by atoms with Gasteiger partial charge in [0.25, 0.3) is 0 Å². The third kappa shape index (κ3) is 2.90. The molecule has 0 aromatic heterocycles. The van der Waals surface area contributed by atoms with E-state index in [1.165, 1.54) is 17.9 Å². The van der Waals surface area contributed by atoms with Crippen molar-refractivity contribution >= 4 is 11.8 Å². The molecule has 1 heterocycles. The second kappa shape index (κ2) is 4.99. The number of rotatable bonds is 4. The molecular weight excluding hydrogens is 146 g/mol. The van der Waals surface area contributed by atoms with Crippen molar-refractivity contribution in [2.24, 2.45) is 0 Å². The summed E-state index contributed by atoms with van der Waals surface area (Å²) in [7, 11) is 0. The van der Waals surface area contributed by atoms with Gasteiger partial charge in [-0.05, 0) is 25.1 Å². The fourth-order valence-electron chi connectivity index (χ4n) is 1.08. The lowest BCUT2D eigenvalue weighted by Crippen LogP contribution is -2.29. The highest BCUT2D eigenvalue weighted by Gasteiger charge is 2.13. The highest BCUT2D eigenvalue weighted by Crippen LogP contribution is 2.16. The standard InChI is InChI=1S/C7H15NOS/c9-4-1-3-8-7-2-5-10-6-7/h7-9H,1-6H2/t7-/m1/s1. The zero-order chi connectivity index (χ0) is 7.23. The van der Waals surface area contributed by atoms with Crippen LogP contribution in [0, 0.1) is 0 Å². The molecule has 3 heteroatoms. The zero-order valence-electron chi connectivity index (χ0n) is 6.18. The first-order valence-corrected chi connectivity index (χ1v) is 5.01. The van der Waals surface area contributed by atoms with Crippen LogP contribution in [0.2, 0.25) is 0 Å². The SMILES string of the molecule is OCCCN[C@@H]1CCSC1. The Bertz CT molecular complexity index is 83.7. The fourth-order valence-corrected chi connectivity index (χ4v) is 2.27. The van der Waals surface area contributed by atoms with Gasteiger partial charge in [-0.25, -0.2) is 0 Å². The number of hydrogen-bond donors (Lipinski definition) is 2. The van der Waals surface area contributed by atoms with E-state index in [0.717, 1.165) is 19.0 Å². The smallest absolute Gasteiger partial charge is 0.0443 e. The molecule has 1 fully saturated rings. The van der Waals surface area contributed by atoms with Crippen molar-refractivity contribution in [3.8, 4) is 0 Å². The van der Waals surface area contributed by atoms with E-state index in [-0.39, 0.29) is 0 Å². The van der Waals surface area contributed by atoms with Crippen LogP contribution < -0.4 is 5.32 Å². The normalized spacial score (nSPS) is 25.5. The summed E-state index contributed by atoms with van der Waals surface area (Å²) >= 11 is 2.02. The van der Waals surface area contributed by atoms with Crippen LogP contribution in [0.4, 0.5) is 0 Å². The van der Waals surface area contributed by atoms with Gasteiger partial charge in [0.05, 0.1) is 0 Å². The minimum Gasteiger partial charge on any atom is -0.396 e. The molecule has 2 N–H and O–H groups in total. The van der Waals surface area contributed by atoms with E-state index in [1.54, 1.807) is 0 Å². The number of thioether (sulfide) groups is 1. The number of aliphatic hydroxyl groups excluding tert-OH is 1. The van der Waals surface area contributed by atoms with Gasteiger partial charge >= 0.3 is 0 Å². The van der Waals surface area contributed by atoms with E-state index in [4.69, 9.17) is 5.11 Å². The quantitative estimate of drug-likeness (QED) is 0.588. The maximum Gasteiger partial charge on any atom is 0.0443 e. The Morgan fingerprint density at radius 3 is 3.10 bits per heavy atom. The van der Waals surface area contributed by atoms with Crippen LogP contribution in [-0.4, -0.2) is 35.8 Å². The van der Waals surface area contributed by atoms with Gasteiger partial charge in [0.2, 0.25) is 0 Å². The van der Waals surface area contributed by atoms with Crippen molar-refractivity contribution in [2.75, 3.05) is 24.7 Å². The van der Waals surface area contributed by atoms with Crippen LogP contribution >= 0.6 is 11.8 Å². The molecule has 0 unspecified atom stereocenters. The topological polar surface area (TPSA) is 32.3 Å². The molecule has 0 aromatic rings. The predicted octanol–water partition coefficient (Wildman–Crippen LogP) is 0.464. The van der Waals surface area contributed by atoms with E-state index in [2.05, 4.69) is 5.32 Å². The van der Waals surface area contributed by atoms with Gasteiger partial charge in [-0.15, -0.1) is 0 Å². The molecule has 0 radical (unpaired) electrons. The van der Waals surface area contributed by atoms with Crippen LogP contribution in [0.25, 0.3) is 0 Å². The van der Waals surface area contributed by atoms with Crippen molar-refractivity contribution in [2.45, 2.75) is 18.9 Å². The molecule has 0 aromatic carbocycles. The first kappa shape index (κ1) is 8.37. The summed E-state index contributed by atoms with van der Waals surface area (Å²) in [6.45, 7) is 1.29. The largest absolute Gasteiger partial charge is 0.396 e. The molecule has 0 amide bonds. The highest BCUT2D eigenvalue weighted by atomic mass is 32.2. The number of aliphatic hydroxyl groups is 1. The van der Waals surface area contributed by atoms with Crippen LogP contribution in [0.1, 0.15) is 12.8 Å². The maximum absolute atomic E-state index is 8.49. The van der Waals surface area contributed by atoms with Gasteiger partial charge in [-0.1, -0.05) is 0 Å². The Morgan fingerprint density at radius 2 is 2.50 bits per heavy atom. The number of hydrogen-bond acceptors (Lipinski definition) is 3. The molecule has 0 aliphatic carbocycles. The van der Waals surface area contributed by atoms with Gasteiger partial charge < -0.3 is 10.4 Å². The molecule has 1 saturated heterocycles. The minimum atomic E-state index is 0.312. The van der Waals surface area contributed by atoms with E-state index in [9.17, 15) is 0 Å². The van der Waals surface area contributed by atoms with E-state index < -0.39 is 0 Å². The molecule has 1 rings (SSSR count). The van der Waals surface area contributed by atoms with Gasteiger partial charge in [-0.2, -0.15) is 11.8 Å². The van der Waals surface area contributed by atoms with Gasteiger partial charge in [0.15, 0.2) is 0 Å². The van der Waals surface area contributed by atoms with Gasteiger partial charge in [0, 0.05) is 18.4 Å². The Morgan fingerprint density at radius 1 is 1.60 bits per heavy atom. The Kier molecular flexibility index (Phi) is 4.18. The summed E-state index contributed by atoms with van der Waals surface area (Å²) in [5.74, 6) is 2.56. The van der Waals surface area contributed by atoms with Gasteiger partial charge in [0.1, 0.15) is 0 Å². The third-order valence-corrected chi connectivity index (χ3v) is 2.86. The summed E-state index contributed by atoms with van der Waals surface area (Å²) in [6, 6.07) is 0.719. The lowest BCUT2D eigenvalue weighted by Gasteiger charge is -2.08. The summed E-state index contributed by atoms with van der Waals surface area (Å²) in [5.41, 5.74) is 0. The lowest BCUT2D eigenvalue weighted by atomic mass is 10.2. The van der Waals surface area contributed by atoms with Crippen LogP contribution in [-0.2, 0) is 0 Å². The molecule has 0 saturated carbocycles. The van der Waals surface area contributed by atoms with Crippen LogP contribution in [0.3, 0.4) is 0 Å². The molecule has 1 aliphatic rings. The molecule has 0 spiro atoms. The van der Waals surface area contributed by atoms with Gasteiger partial charge in [-0.3, -0.25) is 0 Å². The average Bonchev–Trinajstić information content (AvgIpc) is 2.41. The predicted molar refractivity (Wildman–Crippen MR) is 45.4 cm³/mol.